The van der Waals surface area contributed by atoms with Gasteiger partial charge in [0.05, 0.1) is 11.6 Å². The summed E-state index contributed by atoms with van der Waals surface area (Å²) in [5.41, 5.74) is -1.20. The van der Waals surface area contributed by atoms with Crippen molar-refractivity contribution < 1.29 is 18.3 Å². The monoisotopic (exact) mass is 282 g/mol. The van der Waals surface area contributed by atoms with Crippen LogP contribution in [-0.2, 0) is 4.74 Å². The van der Waals surface area contributed by atoms with Crippen molar-refractivity contribution in [3.05, 3.63) is 34.9 Å². The van der Waals surface area contributed by atoms with Gasteiger partial charge in [-0.25, -0.2) is 13.6 Å². The molecule has 108 valence electrons. The number of hydrogen-bond donors (Lipinski definition) is 1. The summed E-state index contributed by atoms with van der Waals surface area (Å²) in [5.74, 6) is -1.59. The number of nitrogens with zero attached hydrogens (tertiary/aromatic N) is 1. The lowest BCUT2D eigenvalue weighted by Crippen LogP contribution is -2.34. The predicted molar refractivity (Wildman–Crippen MR) is 68.9 cm³/mol. The third kappa shape index (κ3) is 4.19. The van der Waals surface area contributed by atoms with Gasteiger partial charge >= 0.3 is 6.09 Å². The van der Waals surface area contributed by atoms with Gasteiger partial charge in [0, 0.05) is 5.56 Å². The van der Waals surface area contributed by atoms with E-state index in [-0.39, 0.29) is 5.56 Å². The molecule has 1 aromatic carbocycles. The number of benzene rings is 1. The van der Waals surface area contributed by atoms with E-state index in [2.05, 4.69) is 5.32 Å². The fourth-order valence-corrected chi connectivity index (χ4v) is 1.57. The number of rotatable bonds is 2. The van der Waals surface area contributed by atoms with E-state index in [9.17, 15) is 13.6 Å². The van der Waals surface area contributed by atoms with Crippen LogP contribution in [0.25, 0.3) is 0 Å². The average Bonchev–Trinajstić information content (AvgIpc) is 2.28. The molecule has 0 heterocycles. The highest BCUT2D eigenvalue weighted by atomic mass is 19.1. The Bertz CT molecular complexity index is 560. The lowest BCUT2D eigenvalue weighted by Gasteiger charge is -2.22. The van der Waals surface area contributed by atoms with Crippen LogP contribution >= 0.6 is 0 Å². The largest absolute Gasteiger partial charge is 0.444 e. The van der Waals surface area contributed by atoms with Gasteiger partial charge in [0.2, 0.25) is 0 Å². The zero-order chi connectivity index (χ0) is 15.5. The van der Waals surface area contributed by atoms with Crippen molar-refractivity contribution in [3.63, 3.8) is 0 Å². The first kappa shape index (κ1) is 15.9. The Hall–Kier alpha value is -2.16. The summed E-state index contributed by atoms with van der Waals surface area (Å²) < 4.78 is 32.2. The van der Waals surface area contributed by atoms with Gasteiger partial charge in [-0.3, -0.25) is 0 Å². The summed E-state index contributed by atoms with van der Waals surface area (Å²) in [7, 11) is 0. The van der Waals surface area contributed by atoms with Gasteiger partial charge in [-0.05, 0) is 39.8 Å². The maximum atomic E-state index is 13.9. The van der Waals surface area contributed by atoms with Gasteiger partial charge in [0.15, 0.2) is 0 Å². The standard InChI is InChI=1S/C14H16F2N2O2/c1-8(18-13(19)20-14(2,3)4)11-6-10(15)5-9(7-17)12(11)16/h5-6,8H,1-4H3,(H,18,19)/t8-/m1/s1. The van der Waals surface area contributed by atoms with Gasteiger partial charge in [0.25, 0.3) is 0 Å². The third-order valence-corrected chi connectivity index (χ3v) is 2.39. The van der Waals surface area contributed by atoms with E-state index in [0.717, 1.165) is 12.1 Å². The topological polar surface area (TPSA) is 62.1 Å². The molecule has 1 N–H and O–H groups in total. The molecule has 4 nitrogen and oxygen atoms in total. The minimum absolute atomic E-state index is 0.104. The molecule has 20 heavy (non-hydrogen) atoms. The number of carbonyl (C=O) groups is 1. The van der Waals surface area contributed by atoms with Crippen molar-refractivity contribution in [3.8, 4) is 6.07 Å². The molecule has 0 bridgehead atoms. The van der Waals surface area contributed by atoms with Gasteiger partial charge in [-0.1, -0.05) is 0 Å². The molecule has 0 aliphatic carbocycles. The van der Waals surface area contributed by atoms with Crippen molar-refractivity contribution in [1.29, 1.82) is 5.26 Å². The maximum absolute atomic E-state index is 13.9. The van der Waals surface area contributed by atoms with Gasteiger partial charge in [-0.15, -0.1) is 0 Å². The zero-order valence-electron chi connectivity index (χ0n) is 11.8. The van der Waals surface area contributed by atoms with Crippen LogP contribution in [0.15, 0.2) is 12.1 Å². The average molecular weight is 282 g/mol. The molecule has 0 saturated heterocycles. The smallest absolute Gasteiger partial charge is 0.408 e. The van der Waals surface area contributed by atoms with Crippen LogP contribution in [0.5, 0.6) is 0 Å². The molecule has 1 aromatic rings. The van der Waals surface area contributed by atoms with E-state index >= 15 is 0 Å². The van der Waals surface area contributed by atoms with Crippen LogP contribution in [0.1, 0.15) is 44.9 Å². The number of hydrogen-bond acceptors (Lipinski definition) is 3. The van der Waals surface area contributed by atoms with Crippen molar-refractivity contribution >= 4 is 6.09 Å². The van der Waals surface area contributed by atoms with Crippen LogP contribution in [0.4, 0.5) is 13.6 Å². The fourth-order valence-electron chi connectivity index (χ4n) is 1.57. The predicted octanol–water partition coefficient (Wildman–Crippen LogP) is 3.42. The third-order valence-electron chi connectivity index (χ3n) is 2.39. The van der Waals surface area contributed by atoms with Gasteiger partial charge in [0.1, 0.15) is 23.3 Å². The Kier molecular flexibility index (Phi) is 4.66. The van der Waals surface area contributed by atoms with E-state index in [1.54, 1.807) is 26.8 Å². The Labute approximate surface area is 116 Å². The molecule has 0 aliphatic heterocycles. The molecule has 0 unspecified atom stereocenters. The Morgan fingerprint density at radius 2 is 2.00 bits per heavy atom. The molecular formula is C14H16F2N2O2. The van der Waals surface area contributed by atoms with Crippen molar-refractivity contribution in [2.75, 3.05) is 0 Å². The summed E-state index contributed by atoms with van der Waals surface area (Å²) >= 11 is 0. The molecule has 1 amide bonds. The first-order valence-electron chi connectivity index (χ1n) is 6.02. The normalized spacial score (nSPS) is 12.4. The first-order chi connectivity index (χ1) is 9.14. The summed E-state index contributed by atoms with van der Waals surface area (Å²) in [5, 5.41) is 11.1. The van der Waals surface area contributed by atoms with E-state index in [1.165, 1.54) is 6.92 Å². The van der Waals surface area contributed by atoms with Crippen LogP contribution in [0.3, 0.4) is 0 Å². The summed E-state index contributed by atoms with van der Waals surface area (Å²) in [6, 6.07) is 2.48. The SMILES string of the molecule is C[C@@H](NC(=O)OC(C)(C)C)c1cc(F)cc(C#N)c1F. The zero-order valence-corrected chi connectivity index (χ0v) is 11.8. The molecule has 1 atom stereocenters. The maximum Gasteiger partial charge on any atom is 0.408 e. The number of nitrogens with one attached hydrogen (secondary N) is 1. The van der Waals surface area contributed by atoms with Crippen LogP contribution in [0, 0.1) is 23.0 Å². The molecule has 0 saturated carbocycles. The Balaban J connectivity index is 2.94. The van der Waals surface area contributed by atoms with E-state index < -0.39 is 34.9 Å². The number of halogens is 2. The van der Waals surface area contributed by atoms with E-state index in [4.69, 9.17) is 10.00 Å². The van der Waals surface area contributed by atoms with Crippen molar-refractivity contribution in [2.45, 2.75) is 39.3 Å². The highest BCUT2D eigenvalue weighted by Gasteiger charge is 2.21. The van der Waals surface area contributed by atoms with Crippen LogP contribution < -0.4 is 5.32 Å². The molecule has 0 aliphatic rings. The summed E-state index contributed by atoms with van der Waals surface area (Å²) in [6.45, 7) is 6.54. The number of nitriles is 1. The molecular weight excluding hydrogens is 266 g/mol. The second-order valence-corrected chi connectivity index (χ2v) is 5.34. The van der Waals surface area contributed by atoms with E-state index in [0.29, 0.717) is 0 Å². The molecule has 6 heteroatoms. The summed E-state index contributed by atoms with van der Waals surface area (Å²) in [6.07, 6.45) is -0.743. The van der Waals surface area contributed by atoms with Crippen LogP contribution in [-0.4, -0.2) is 11.7 Å². The molecule has 0 fully saturated rings. The molecule has 0 spiro atoms. The quantitative estimate of drug-likeness (QED) is 0.904. The lowest BCUT2D eigenvalue weighted by atomic mass is 10.0. The minimum atomic E-state index is -0.850. The van der Waals surface area contributed by atoms with Crippen molar-refractivity contribution in [2.24, 2.45) is 0 Å². The number of ether oxygens (including phenoxy) is 1. The van der Waals surface area contributed by atoms with Gasteiger partial charge < -0.3 is 10.1 Å². The number of amides is 1. The minimum Gasteiger partial charge on any atom is -0.444 e. The molecule has 0 radical (unpaired) electrons. The van der Waals surface area contributed by atoms with Gasteiger partial charge in [-0.2, -0.15) is 5.26 Å². The highest BCUT2D eigenvalue weighted by molar-refractivity contribution is 5.68. The second kappa shape index (κ2) is 5.87. The first-order valence-corrected chi connectivity index (χ1v) is 6.02. The van der Waals surface area contributed by atoms with Crippen molar-refractivity contribution in [1.82, 2.24) is 5.32 Å². The molecule has 1 rings (SSSR count). The molecule has 0 aromatic heterocycles. The second-order valence-electron chi connectivity index (χ2n) is 5.34. The number of carbonyl (C=O) groups excluding carboxylic acids is 1. The summed E-state index contributed by atoms with van der Waals surface area (Å²) in [4.78, 5) is 11.6. The Morgan fingerprint density at radius 1 is 1.40 bits per heavy atom. The van der Waals surface area contributed by atoms with Crippen LogP contribution in [0.2, 0.25) is 0 Å². The Morgan fingerprint density at radius 3 is 2.50 bits per heavy atom. The number of alkyl carbamates (subject to hydrolysis) is 1. The highest BCUT2D eigenvalue weighted by Crippen LogP contribution is 2.22. The van der Waals surface area contributed by atoms with E-state index in [1.807, 2.05) is 0 Å². The fraction of sp³-hybridized carbons (Fsp3) is 0.429. The lowest BCUT2D eigenvalue weighted by molar-refractivity contribution is 0.0507.